The number of nitrogens with zero attached hydrogens (tertiary/aromatic N) is 3. The lowest BCUT2D eigenvalue weighted by Crippen LogP contribution is -2.20. The Morgan fingerprint density at radius 1 is 1.18 bits per heavy atom. The number of aryl methyl sites for hydroxylation is 2. The van der Waals surface area contributed by atoms with Gasteiger partial charge in [-0.15, -0.1) is 10.2 Å². The van der Waals surface area contributed by atoms with Crippen LogP contribution in [0.5, 0.6) is 0 Å². The predicted octanol–water partition coefficient (Wildman–Crippen LogP) is 2.18. The molecule has 2 rings (SSSR count). The summed E-state index contributed by atoms with van der Waals surface area (Å²) in [6.45, 7) is 2.89. The summed E-state index contributed by atoms with van der Waals surface area (Å²) in [4.78, 5) is 5.23. The van der Waals surface area contributed by atoms with Crippen LogP contribution in [0.3, 0.4) is 0 Å². The largest absolute Gasteiger partial charge is 0.344 e. The summed E-state index contributed by atoms with van der Waals surface area (Å²) in [5, 5.41) is 8.02. The zero-order chi connectivity index (χ0) is 12.1. The van der Waals surface area contributed by atoms with Gasteiger partial charge in [0.15, 0.2) is 0 Å². The molecule has 0 bridgehead atoms. The molecule has 0 aliphatic heterocycles. The first kappa shape index (κ1) is 11.6. The maximum absolute atomic E-state index is 4.06. The lowest BCUT2D eigenvalue weighted by molar-refractivity contribution is 0.768. The van der Waals surface area contributed by atoms with Gasteiger partial charge in [-0.2, -0.15) is 0 Å². The third-order valence-corrected chi connectivity index (χ3v) is 2.75. The molecular weight excluding hydrogens is 212 g/mol. The van der Waals surface area contributed by atoms with Gasteiger partial charge in [0.2, 0.25) is 5.95 Å². The van der Waals surface area contributed by atoms with E-state index >= 15 is 0 Å². The van der Waals surface area contributed by atoms with Crippen LogP contribution in [0.2, 0.25) is 0 Å². The Labute approximate surface area is 102 Å². The fraction of sp³-hybridized carbons (Fsp3) is 0.385. The number of rotatable bonds is 5. The fourth-order valence-electron chi connectivity index (χ4n) is 1.78. The van der Waals surface area contributed by atoms with Crippen molar-refractivity contribution in [3.8, 4) is 0 Å². The van der Waals surface area contributed by atoms with Crippen LogP contribution in [0.4, 0.5) is 5.95 Å². The second kappa shape index (κ2) is 5.48. The van der Waals surface area contributed by atoms with E-state index in [4.69, 9.17) is 0 Å². The Hall–Kier alpha value is -1.84. The molecular formula is C13H18N4. The molecule has 0 radical (unpaired) electrons. The standard InChI is InChI=1S/C13H18N4/c1-11-14-13(16-15-11)17(2)10-6-9-12-7-4-3-5-8-12/h3-5,7-8H,6,9-10H2,1-2H3,(H,14,15,16). The molecule has 1 heterocycles. The van der Waals surface area contributed by atoms with Crippen molar-refractivity contribution in [2.75, 3.05) is 18.5 Å². The van der Waals surface area contributed by atoms with Crippen molar-refractivity contribution in [3.05, 3.63) is 41.7 Å². The van der Waals surface area contributed by atoms with Crippen molar-refractivity contribution in [1.82, 2.24) is 15.2 Å². The second-order valence-corrected chi connectivity index (χ2v) is 4.24. The number of H-pyrrole nitrogens is 1. The zero-order valence-corrected chi connectivity index (χ0v) is 10.3. The lowest BCUT2D eigenvalue weighted by atomic mass is 10.1. The lowest BCUT2D eigenvalue weighted by Gasteiger charge is -2.14. The Morgan fingerprint density at radius 2 is 1.94 bits per heavy atom. The number of benzene rings is 1. The van der Waals surface area contributed by atoms with Crippen LogP contribution >= 0.6 is 0 Å². The van der Waals surface area contributed by atoms with Gasteiger partial charge >= 0.3 is 0 Å². The van der Waals surface area contributed by atoms with Gasteiger partial charge in [-0.1, -0.05) is 30.3 Å². The summed E-state index contributed by atoms with van der Waals surface area (Å²) < 4.78 is 0. The zero-order valence-electron chi connectivity index (χ0n) is 10.3. The molecule has 1 aromatic heterocycles. The monoisotopic (exact) mass is 230 g/mol. The minimum absolute atomic E-state index is 0.843. The minimum atomic E-state index is 0.843. The van der Waals surface area contributed by atoms with Crippen LogP contribution in [0.15, 0.2) is 30.3 Å². The van der Waals surface area contributed by atoms with Gasteiger partial charge in [0.1, 0.15) is 5.82 Å². The first-order chi connectivity index (χ1) is 8.25. The van der Waals surface area contributed by atoms with Crippen molar-refractivity contribution >= 4 is 5.95 Å². The molecule has 90 valence electrons. The van der Waals surface area contributed by atoms with E-state index in [1.807, 2.05) is 20.0 Å². The molecule has 0 saturated carbocycles. The molecule has 0 saturated heterocycles. The van der Waals surface area contributed by atoms with Crippen molar-refractivity contribution < 1.29 is 0 Å². The van der Waals surface area contributed by atoms with E-state index in [2.05, 4.69) is 44.3 Å². The summed E-state index contributed by atoms with van der Waals surface area (Å²) in [6.07, 6.45) is 2.21. The SMILES string of the molecule is Cc1nnc(N(C)CCCc2ccccc2)[nH]1. The number of hydrogen-bond donors (Lipinski definition) is 1. The quantitative estimate of drug-likeness (QED) is 0.856. The highest BCUT2D eigenvalue weighted by Crippen LogP contribution is 2.07. The highest BCUT2D eigenvalue weighted by molar-refractivity contribution is 5.26. The van der Waals surface area contributed by atoms with Crippen LogP contribution < -0.4 is 4.90 Å². The molecule has 1 N–H and O–H groups in total. The predicted molar refractivity (Wildman–Crippen MR) is 69.2 cm³/mol. The summed E-state index contributed by atoms with van der Waals surface area (Å²) >= 11 is 0. The molecule has 4 nitrogen and oxygen atoms in total. The van der Waals surface area contributed by atoms with Gasteiger partial charge in [0.05, 0.1) is 0 Å². The fourth-order valence-corrected chi connectivity index (χ4v) is 1.78. The molecule has 0 fully saturated rings. The molecule has 0 atom stereocenters. The summed E-state index contributed by atoms with van der Waals surface area (Å²) in [5.41, 5.74) is 1.38. The molecule has 4 heteroatoms. The molecule has 1 aromatic carbocycles. The van der Waals surface area contributed by atoms with Crippen LogP contribution in [-0.4, -0.2) is 28.8 Å². The molecule has 0 amide bonds. The summed E-state index contributed by atoms with van der Waals surface area (Å²) in [6, 6.07) is 10.5. The number of aromatic nitrogens is 3. The Kier molecular flexibility index (Phi) is 3.75. The van der Waals surface area contributed by atoms with E-state index in [9.17, 15) is 0 Å². The number of anilines is 1. The minimum Gasteiger partial charge on any atom is -0.344 e. The maximum Gasteiger partial charge on any atom is 0.224 e. The summed E-state index contributed by atoms with van der Waals surface area (Å²) in [7, 11) is 2.03. The average Bonchev–Trinajstić information content (AvgIpc) is 2.77. The van der Waals surface area contributed by atoms with Crippen LogP contribution in [0.1, 0.15) is 17.8 Å². The second-order valence-electron chi connectivity index (χ2n) is 4.24. The van der Waals surface area contributed by atoms with Crippen LogP contribution in [0, 0.1) is 6.92 Å². The highest BCUT2D eigenvalue weighted by Gasteiger charge is 2.04. The number of nitrogens with one attached hydrogen (secondary N) is 1. The molecule has 17 heavy (non-hydrogen) atoms. The van der Waals surface area contributed by atoms with Crippen LogP contribution in [-0.2, 0) is 6.42 Å². The third kappa shape index (κ3) is 3.31. The topological polar surface area (TPSA) is 44.8 Å². The van der Waals surface area contributed by atoms with Crippen molar-refractivity contribution in [3.63, 3.8) is 0 Å². The van der Waals surface area contributed by atoms with Gasteiger partial charge < -0.3 is 9.88 Å². The van der Waals surface area contributed by atoms with E-state index in [1.54, 1.807) is 0 Å². The Bertz CT molecular complexity index is 449. The first-order valence-electron chi connectivity index (χ1n) is 5.90. The normalized spacial score (nSPS) is 10.5. The molecule has 0 unspecified atom stereocenters. The molecule has 0 aliphatic rings. The van der Waals surface area contributed by atoms with Gasteiger partial charge in [-0.05, 0) is 25.3 Å². The van der Waals surface area contributed by atoms with E-state index in [0.29, 0.717) is 0 Å². The third-order valence-electron chi connectivity index (χ3n) is 2.75. The van der Waals surface area contributed by atoms with Gasteiger partial charge in [0.25, 0.3) is 0 Å². The molecule has 0 aliphatic carbocycles. The maximum atomic E-state index is 4.06. The Morgan fingerprint density at radius 3 is 2.59 bits per heavy atom. The number of aromatic amines is 1. The van der Waals surface area contributed by atoms with Gasteiger partial charge in [0, 0.05) is 13.6 Å². The van der Waals surface area contributed by atoms with E-state index in [1.165, 1.54) is 5.56 Å². The summed E-state index contributed by atoms with van der Waals surface area (Å²) in [5.74, 6) is 1.70. The van der Waals surface area contributed by atoms with Gasteiger partial charge in [-0.25, -0.2) is 0 Å². The van der Waals surface area contributed by atoms with E-state index in [0.717, 1.165) is 31.2 Å². The Balaban J connectivity index is 1.79. The van der Waals surface area contributed by atoms with Gasteiger partial charge in [-0.3, -0.25) is 0 Å². The molecule has 2 aromatic rings. The van der Waals surface area contributed by atoms with Crippen molar-refractivity contribution in [2.24, 2.45) is 0 Å². The highest BCUT2D eigenvalue weighted by atomic mass is 15.3. The van der Waals surface area contributed by atoms with E-state index < -0.39 is 0 Å². The molecule has 0 spiro atoms. The smallest absolute Gasteiger partial charge is 0.224 e. The van der Waals surface area contributed by atoms with Crippen molar-refractivity contribution in [2.45, 2.75) is 19.8 Å². The van der Waals surface area contributed by atoms with E-state index in [-0.39, 0.29) is 0 Å². The number of hydrogen-bond acceptors (Lipinski definition) is 3. The first-order valence-corrected chi connectivity index (χ1v) is 5.90. The average molecular weight is 230 g/mol. The van der Waals surface area contributed by atoms with Crippen LogP contribution in [0.25, 0.3) is 0 Å². The van der Waals surface area contributed by atoms with Crippen molar-refractivity contribution in [1.29, 1.82) is 0 Å².